The number of likely N-dealkylation sites (tertiary alicyclic amines) is 2. The first-order valence-electron chi connectivity index (χ1n) is 10.6. The van der Waals surface area contributed by atoms with Crippen molar-refractivity contribution in [3.05, 3.63) is 24.0 Å². The molecule has 3 aliphatic heterocycles. The molecule has 9 heteroatoms. The lowest BCUT2D eigenvalue weighted by Gasteiger charge is -2.35. The second kappa shape index (κ2) is 8.99. The van der Waals surface area contributed by atoms with Crippen molar-refractivity contribution in [3.63, 3.8) is 0 Å². The normalized spacial score (nSPS) is 25.4. The Morgan fingerprint density at radius 3 is 2.77 bits per heavy atom. The van der Waals surface area contributed by atoms with Gasteiger partial charge in [-0.1, -0.05) is 0 Å². The number of primary amides is 1. The first-order chi connectivity index (χ1) is 14.5. The SMILES string of the molecule is NC(=O)c1cc(OC2CCCN(C(=O)C3CC(=O)N(C4CCOCC4)C3)C2)ccn1. The average Bonchev–Trinajstić information content (AvgIpc) is 3.16. The lowest BCUT2D eigenvalue weighted by molar-refractivity contribution is -0.138. The van der Waals surface area contributed by atoms with Gasteiger partial charge in [0.15, 0.2) is 0 Å². The summed E-state index contributed by atoms with van der Waals surface area (Å²) >= 11 is 0. The van der Waals surface area contributed by atoms with E-state index in [9.17, 15) is 14.4 Å². The zero-order valence-electron chi connectivity index (χ0n) is 17.0. The number of pyridine rings is 1. The number of piperidine rings is 1. The van der Waals surface area contributed by atoms with Crippen LogP contribution >= 0.6 is 0 Å². The van der Waals surface area contributed by atoms with E-state index in [1.165, 1.54) is 12.3 Å². The van der Waals surface area contributed by atoms with E-state index in [1.807, 2.05) is 9.80 Å². The van der Waals surface area contributed by atoms with Gasteiger partial charge in [0.05, 0.1) is 12.5 Å². The molecule has 3 saturated heterocycles. The van der Waals surface area contributed by atoms with Crippen LogP contribution < -0.4 is 10.5 Å². The number of ether oxygens (including phenoxy) is 2. The van der Waals surface area contributed by atoms with Crippen LogP contribution in [0.5, 0.6) is 5.75 Å². The molecule has 9 nitrogen and oxygen atoms in total. The third kappa shape index (κ3) is 4.56. The topological polar surface area (TPSA) is 115 Å². The van der Waals surface area contributed by atoms with Crippen molar-refractivity contribution in [3.8, 4) is 5.75 Å². The van der Waals surface area contributed by atoms with Crippen LogP contribution in [0.2, 0.25) is 0 Å². The first-order valence-corrected chi connectivity index (χ1v) is 10.6. The molecule has 4 rings (SSSR count). The fourth-order valence-electron chi connectivity index (χ4n) is 4.55. The summed E-state index contributed by atoms with van der Waals surface area (Å²) in [5.41, 5.74) is 5.42. The zero-order chi connectivity index (χ0) is 21.1. The van der Waals surface area contributed by atoms with Gasteiger partial charge in [0.2, 0.25) is 11.8 Å². The summed E-state index contributed by atoms with van der Waals surface area (Å²) in [6.07, 6.45) is 4.91. The van der Waals surface area contributed by atoms with Crippen molar-refractivity contribution in [2.75, 3.05) is 32.8 Å². The number of carbonyl (C=O) groups is 3. The average molecular weight is 416 g/mol. The van der Waals surface area contributed by atoms with Gasteiger partial charge in [0.25, 0.3) is 5.91 Å². The minimum Gasteiger partial charge on any atom is -0.488 e. The second-order valence-electron chi connectivity index (χ2n) is 8.20. The van der Waals surface area contributed by atoms with E-state index in [4.69, 9.17) is 15.2 Å². The lowest BCUT2D eigenvalue weighted by Crippen LogP contribution is -2.47. The van der Waals surface area contributed by atoms with Gasteiger partial charge in [-0.05, 0) is 31.7 Å². The highest BCUT2D eigenvalue weighted by Gasteiger charge is 2.40. The minimum atomic E-state index is -0.610. The molecule has 3 fully saturated rings. The Kier molecular flexibility index (Phi) is 6.17. The molecule has 1 aromatic rings. The Morgan fingerprint density at radius 1 is 1.20 bits per heavy atom. The van der Waals surface area contributed by atoms with E-state index in [0.29, 0.717) is 38.6 Å². The van der Waals surface area contributed by atoms with Crippen molar-refractivity contribution >= 4 is 17.7 Å². The first kappa shape index (κ1) is 20.6. The standard InChI is InChI=1S/C21H28N4O5/c22-20(27)18-11-16(3-6-23-18)30-17-2-1-7-24(13-17)21(28)14-10-19(26)25(12-14)15-4-8-29-9-5-15/h3,6,11,14-15,17H,1-2,4-5,7-10,12-13H2,(H2,22,27). The van der Waals surface area contributed by atoms with Crippen LogP contribution in [0, 0.1) is 5.92 Å². The molecule has 2 unspecified atom stereocenters. The molecule has 0 saturated carbocycles. The van der Waals surface area contributed by atoms with E-state index in [-0.39, 0.29) is 42.0 Å². The van der Waals surface area contributed by atoms with E-state index >= 15 is 0 Å². The summed E-state index contributed by atoms with van der Waals surface area (Å²) in [6, 6.07) is 3.38. The second-order valence-corrected chi connectivity index (χ2v) is 8.20. The Balaban J connectivity index is 1.35. The van der Waals surface area contributed by atoms with Crippen LogP contribution in [-0.2, 0) is 14.3 Å². The molecule has 3 amide bonds. The molecule has 0 radical (unpaired) electrons. The lowest BCUT2D eigenvalue weighted by atomic mass is 10.0. The van der Waals surface area contributed by atoms with Crippen LogP contribution in [0.1, 0.15) is 42.6 Å². The van der Waals surface area contributed by atoms with Gasteiger partial charge in [-0.25, -0.2) is 0 Å². The highest BCUT2D eigenvalue weighted by atomic mass is 16.5. The van der Waals surface area contributed by atoms with Crippen LogP contribution in [0.4, 0.5) is 0 Å². The van der Waals surface area contributed by atoms with Gasteiger partial charge in [0, 0.05) is 51.0 Å². The molecular weight excluding hydrogens is 388 g/mol. The zero-order valence-corrected chi connectivity index (χ0v) is 17.0. The number of aromatic nitrogens is 1. The van der Waals surface area contributed by atoms with Gasteiger partial charge >= 0.3 is 0 Å². The molecular formula is C21H28N4O5. The van der Waals surface area contributed by atoms with Gasteiger partial charge in [0.1, 0.15) is 17.5 Å². The summed E-state index contributed by atoms with van der Waals surface area (Å²) in [5.74, 6) is -0.290. The molecule has 162 valence electrons. The molecule has 0 spiro atoms. The summed E-state index contributed by atoms with van der Waals surface area (Å²) in [7, 11) is 0. The maximum Gasteiger partial charge on any atom is 0.267 e. The predicted octanol–water partition coefficient (Wildman–Crippen LogP) is 0.578. The number of nitrogens with zero attached hydrogens (tertiary/aromatic N) is 3. The maximum atomic E-state index is 13.1. The molecule has 4 heterocycles. The van der Waals surface area contributed by atoms with E-state index in [0.717, 1.165) is 25.7 Å². The minimum absolute atomic E-state index is 0.0266. The Bertz CT molecular complexity index is 810. The van der Waals surface area contributed by atoms with Crippen molar-refractivity contribution < 1.29 is 23.9 Å². The highest BCUT2D eigenvalue weighted by Crippen LogP contribution is 2.28. The maximum absolute atomic E-state index is 13.1. The monoisotopic (exact) mass is 416 g/mol. The quantitative estimate of drug-likeness (QED) is 0.751. The van der Waals surface area contributed by atoms with Gasteiger partial charge < -0.3 is 25.0 Å². The smallest absolute Gasteiger partial charge is 0.267 e. The number of carbonyl (C=O) groups excluding carboxylic acids is 3. The van der Waals surface area contributed by atoms with Crippen molar-refractivity contribution in [1.29, 1.82) is 0 Å². The molecule has 2 atom stereocenters. The van der Waals surface area contributed by atoms with Crippen LogP contribution in [0.15, 0.2) is 18.3 Å². The number of amides is 3. The summed E-state index contributed by atoms with van der Waals surface area (Å²) in [6.45, 7) is 2.98. The van der Waals surface area contributed by atoms with Crippen molar-refractivity contribution in [1.82, 2.24) is 14.8 Å². The van der Waals surface area contributed by atoms with E-state index < -0.39 is 5.91 Å². The third-order valence-electron chi connectivity index (χ3n) is 6.12. The molecule has 0 bridgehead atoms. The number of rotatable bonds is 5. The fourth-order valence-corrected chi connectivity index (χ4v) is 4.55. The fraction of sp³-hybridized carbons (Fsp3) is 0.619. The number of hydrogen-bond acceptors (Lipinski definition) is 6. The van der Waals surface area contributed by atoms with Gasteiger partial charge in [-0.3, -0.25) is 19.4 Å². The summed E-state index contributed by atoms with van der Waals surface area (Å²) < 4.78 is 11.4. The highest BCUT2D eigenvalue weighted by molar-refractivity contribution is 5.91. The summed E-state index contributed by atoms with van der Waals surface area (Å²) in [5, 5.41) is 0. The molecule has 0 aromatic carbocycles. The van der Waals surface area contributed by atoms with Gasteiger partial charge in [-0.15, -0.1) is 0 Å². The van der Waals surface area contributed by atoms with Gasteiger partial charge in [-0.2, -0.15) is 0 Å². The van der Waals surface area contributed by atoms with Crippen molar-refractivity contribution in [2.45, 2.75) is 44.2 Å². The summed E-state index contributed by atoms with van der Waals surface area (Å²) in [4.78, 5) is 44.5. The molecule has 30 heavy (non-hydrogen) atoms. The van der Waals surface area contributed by atoms with E-state index in [1.54, 1.807) is 6.07 Å². The number of nitrogens with two attached hydrogens (primary N) is 1. The van der Waals surface area contributed by atoms with Crippen LogP contribution in [0.3, 0.4) is 0 Å². The van der Waals surface area contributed by atoms with Crippen molar-refractivity contribution in [2.24, 2.45) is 11.7 Å². The Hall–Kier alpha value is -2.68. The van der Waals surface area contributed by atoms with Crippen LogP contribution in [0.25, 0.3) is 0 Å². The molecule has 0 aliphatic carbocycles. The Morgan fingerprint density at radius 2 is 2.00 bits per heavy atom. The number of hydrogen-bond donors (Lipinski definition) is 1. The molecule has 3 aliphatic rings. The van der Waals surface area contributed by atoms with Crippen LogP contribution in [-0.4, -0.2) is 77.5 Å². The molecule has 2 N–H and O–H groups in total. The Labute approximate surface area is 175 Å². The predicted molar refractivity (Wildman–Crippen MR) is 107 cm³/mol. The largest absolute Gasteiger partial charge is 0.488 e. The van der Waals surface area contributed by atoms with E-state index in [2.05, 4.69) is 4.98 Å². The molecule has 1 aromatic heterocycles. The third-order valence-corrected chi connectivity index (χ3v) is 6.12.